The molecule has 0 spiro atoms. The van der Waals surface area contributed by atoms with Gasteiger partial charge in [0.2, 0.25) is 23.7 Å². The number of hydrogen-bond donors (Lipinski definition) is 4. The molecule has 61 heavy (non-hydrogen) atoms. The third kappa shape index (κ3) is 9.59. The Bertz CT molecular complexity index is 2760. The first-order chi connectivity index (χ1) is 29.4. The molecule has 0 atom stereocenters. The number of allylic oxidation sites excluding steroid dienone is 2. The fraction of sp³-hybridized carbons (Fsp3) is 0.256. The van der Waals surface area contributed by atoms with E-state index in [0.717, 1.165) is 35.5 Å². The zero-order valence-corrected chi connectivity index (χ0v) is 34.8. The van der Waals surface area contributed by atoms with Crippen LogP contribution < -0.4 is 31.6 Å². The molecule has 18 nitrogen and oxygen atoms in total. The van der Waals surface area contributed by atoms with Gasteiger partial charge in [0, 0.05) is 44.4 Å². The van der Waals surface area contributed by atoms with Gasteiger partial charge in [-0.1, -0.05) is 24.3 Å². The number of aryl methyl sites for hydroxylation is 4. The van der Waals surface area contributed by atoms with Gasteiger partial charge < -0.3 is 35.4 Å². The summed E-state index contributed by atoms with van der Waals surface area (Å²) in [4.78, 5) is 57.2. The summed E-state index contributed by atoms with van der Waals surface area (Å²) >= 11 is 0. The van der Waals surface area contributed by atoms with Crippen LogP contribution in [0.2, 0.25) is 0 Å². The fourth-order valence-electron chi connectivity index (χ4n) is 6.71. The Labute approximate surface area is 351 Å². The lowest BCUT2D eigenvalue weighted by Gasteiger charge is -2.13. The van der Waals surface area contributed by atoms with Crippen LogP contribution in [-0.2, 0) is 32.8 Å². The second kappa shape index (κ2) is 18.9. The second-order valence-corrected chi connectivity index (χ2v) is 13.8. The van der Waals surface area contributed by atoms with Gasteiger partial charge in [0.15, 0.2) is 6.29 Å². The summed E-state index contributed by atoms with van der Waals surface area (Å²) in [5.41, 5.74) is 17.7. The molecule has 0 aliphatic carbocycles. The molecule has 18 heteroatoms. The highest BCUT2D eigenvalue weighted by Crippen LogP contribution is 2.32. The van der Waals surface area contributed by atoms with Crippen molar-refractivity contribution in [2.45, 2.75) is 60.5 Å². The molecule has 3 amide bonds. The number of anilines is 2. The van der Waals surface area contributed by atoms with Crippen molar-refractivity contribution in [3.05, 3.63) is 118 Å². The van der Waals surface area contributed by atoms with Crippen molar-refractivity contribution in [1.29, 1.82) is 0 Å². The van der Waals surface area contributed by atoms with E-state index in [9.17, 15) is 19.2 Å². The number of hydrogen-bond acceptors (Lipinski definition) is 11. The number of nitrogens with one attached hydrogen (secondary N) is 2. The van der Waals surface area contributed by atoms with E-state index in [2.05, 4.69) is 25.8 Å². The maximum Gasteiger partial charge on any atom is 0.276 e. The number of benzene rings is 3. The molecule has 0 aliphatic rings. The summed E-state index contributed by atoms with van der Waals surface area (Å²) in [6.45, 7) is 9.76. The topological polar surface area (TPSA) is 234 Å². The molecule has 0 bridgehead atoms. The molecule has 0 saturated heterocycles. The maximum absolute atomic E-state index is 13.4. The largest absolute Gasteiger partial charge is 0.497 e. The van der Waals surface area contributed by atoms with Crippen molar-refractivity contribution in [2.24, 2.45) is 11.5 Å². The Morgan fingerprint density at radius 1 is 0.770 bits per heavy atom. The molecule has 316 valence electrons. The van der Waals surface area contributed by atoms with E-state index in [1.54, 1.807) is 66.0 Å². The van der Waals surface area contributed by atoms with Crippen LogP contribution in [0, 0.1) is 13.8 Å². The molecule has 0 fully saturated rings. The van der Waals surface area contributed by atoms with Crippen molar-refractivity contribution < 1.29 is 28.7 Å². The molecule has 0 radical (unpaired) electrons. The van der Waals surface area contributed by atoms with Gasteiger partial charge in [-0.05, 0) is 87.9 Å². The summed E-state index contributed by atoms with van der Waals surface area (Å²) in [7, 11) is 3.36. The zero-order valence-electron chi connectivity index (χ0n) is 34.8. The van der Waals surface area contributed by atoms with Gasteiger partial charge in [0.1, 0.15) is 35.0 Å². The van der Waals surface area contributed by atoms with Crippen LogP contribution in [-0.4, -0.2) is 76.8 Å². The number of amides is 3. The summed E-state index contributed by atoms with van der Waals surface area (Å²) in [5.74, 6) is 0.467. The molecule has 3 aromatic carbocycles. The van der Waals surface area contributed by atoms with Gasteiger partial charge >= 0.3 is 0 Å². The molecule has 0 saturated carbocycles. The van der Waals surface area contributed by atoms with E-state index in [4.69, 9.17) is 25.9 Å². The number of methoxy groups -OCH3 is 1. The van der Waals surface area contributed by atoms with Crippen molar-refractivity contribution in [1.82, 2.24) is 38.7 Å². The number of rotatable bonds is 16. The minimum atomic E-state index is -0.598. The molecule has 7 aromatic rings. The summed E-state index contributed by atoms with van der Waals surface area (Å²) in [5, 5.41) is 14.5. The molecule has 0 aliphatic heterocycles. The lowest BCUT2D eigenvalue weighted by atomic mass is 10.1. The third-order valence-corrected chi connectivity index (χ3v) is 9.66. The molecule has 4 heterocycles. The van der Waals surface area contributed by atoms with Crippen molar-refractivity contribution in [3.63, 3.8) is 0 Å². The summed E-state index contributed by atoms with van der Waals surface area (Å²) in [6, 6.07) is 19.2. The van der Waals surface area contributed by atoms with Crippen LogP contribution in [0.3, 0.4) is 0 Å². The number of aldehydes is 1. The van der Waals surface area contributed by atoms with E-state index in [0.29, 0.717) is 76.3 Å². The van der Waals surface area contributed by atoms with Crippen molar-refractivity contribution in [2.75, 3.05) is 24.8 Å². The van der Waals surface area contributed by atoms with Crippen LogP contribution in [0.25, 0.3) is 22.1 Å². The first-order valence-electron chi connectivity index (χ1n) is 19.5. The highest BCUT2D eigenvalue weighted by atomic mass is 16.5. The average Bonchev–Trinajstić information content (AvgIpc) is 4.03. The van der Waals surface area contributed by atoms with Gasteiger partial charge in [-0.25, -0.2) is 9.97 Å². The van der Waals surface area contributed by atoms with Crippen LogP contribution in [0.4, 0.5) is 11.9 Å². The molecular formula is C43H48N12O6. The molecule has 6 N–H and O–H groups in total. The van der Waals surface area contributed by atoms with Crippen LogP contribution in [0.1, 0.15) is 72.5 Å². The first-order valence-corrected chi connectivity index (χ1v) is 19.5. The Kier molecular flexibility index (Phi) is 13.3. The van der Waals surface area contributed by atoms with Gasteiger partial charge in [-0.15, -0.1) is 0 Å². The van der Waals surface area contributed by atoms with E-state index in [1.807, 2.05) is 73.2 Å². The predicted molar refractivity (Wildman–Crippen MR) is 231 cm³/mol. The zero-order chi connectivity index (χ0) is 43.8. The van der Waals surface area contributed by atoms with Crippen LogP contribution in [0.15, 0.2) is 78.9 Å². The lowest BCUT2D eigenvalue weighted by Crippen LogP contribution is -2.19. The standard InChI is InChI=1S/C36H38N10O5.C7H10N2O/c1-5-46-29(16-21(2)43-46)34(49)42-36-40-26-17-23(32(37)47)10-13-28(26)44(36)14-6-7-15-45-31-27(41-35(45)39-3)18-24(33(38)48)19-30(31)51-20-22-8-11-25(50-4)12-9-22;1-3-9-7(5-10)4-6(2)8-9/h6-13,16-19H,5,14-15,20H2,1-4H3,(H2,37,47)(H2,38,48)(H,39,41)(H,40,42,49);4-5H,3H2,1-2H3/b7-6+;. The highest BCUT2D eigenvalue weighted by molar-refractivity contribution is 6.03. The molecule has 4 aromatic heterocycles. The number of nitrogens with two attached hydrogens (primary N) is 2. The van der Waals surface area contributed by atoms with Gasteiger partial charge in [0.25, 0.3) is 5.91 Å². The first kappa shape index (κ1) is 42.8. The maximum atomic E-state index is 13.4. The van der Waals surface area contributed by atoms with E-state index < -0.39 is 11.8 Å². The minimum absolute atomic E-state index is 0.232. The number of fused-ring (bicyclic) bond motifs is 2. The van der Waals surface area contributed by atoms with E-state index >= 15 is 0 Å². The lowest BCUT2D eigenvalue weighted by molar-refractivity contribution is 0.0992. The van der Waals surface area contributed by atoms with Gasteiger partial charge in [0.05, 0.1) is 35.0 Å². The minimum Gasteiger partial charge on any atom is -0.497 e. The van der Waals surface area contributed by atoms with Crippen LogP contribution >= 0.6 is 0 Å². The number of imidazole rings is 2. The Morgan fingerprint density at radius 3 is 2.03 bits per heavy atom. The summed E-state index contributed by atoms with van der Waals surface area (Å²) < 4.78 is 18.6. The normalized spacial score (nSPS) is 11.1. The predicted octanol–water partition coefficient (Wildman–Crippen LogP) is 5.27. The number of nitrogens with zero attached hydrogens (tertiary/aromatic N) is 8. The highest BCUT2D eigenvalue weighted by Gasteiger charge is 2.20. The SMILES string of the molecule is CCn1nc(C)cc1C(=O)Nc1nc2cc(C(N)=O)ccc2n1C/C=C/Cn1c(NC)nc2cc(C(N)=O)cc(OCc3ccc(OC)cc3)c21.CCn1nc(C)cc1C=O. The van der Waals surface area contributed by atoms with Crippen molar-refractivity contribution >= 4 is 58.0 Å². The molecule has 7 rings (SSSR count). The van der Waals surface area contributed by atoms with E-state index in [1.165, 1.54) is 0 Å². The summed E-state index contributed by atoms with van der Waals surface area (Å²) in [6.07, 6.45) is 4.70. The number of primary amides is 2. The Balaban J connectivity index is 0.000000546. The number of carbonyl (C=O) groups excluding carboxylic acids is 4. The number of aromatic nitrogens is 8. The second-order valence-electron chi connectivity index (χ2n) is 13.8. The van der Waals surface area contributed by atoms with Crippen molar-refractivity contribution in [3.8, 4) is 11.5 Å². The molecule has 0 unspecified atom stereocenters. The number of ether oxygens (including phenoxy) is 2. The van der Waals surface area contributed by atoms with E-state index in [-0.39, 0.29) is 18.1 Å². The molecular weight excluding hydrogens is 781 g/mol. The third-order valence-electron chi connectivity index (χ3n) is 9.66. The quantitative estimate of drug-likeness (QED) is 0.0724. The smallest absolute Gasteiger partial charge is 0.276 e. The van der Waals surface area contributed by atoms with Gasteiger partial charge in [-0.3, -0.25) is 33.9 Å². The Hall–Kier alpha value is -7.76. The van der Waals surface area contributed by atoms with Gasteiger partial charge in [-0.2, -0.15) is 10.2 Å². The monoisotopic (exact) mass is 828 g/mol. The fourth-order valence-corrected chi connectivity index (χ4v) is 6.71. The Morgan fingerprint density at radius 2 is 1.41 bits per heavy atom. The number of carbonyl (C=O) groups is 4. The average molecular weight is 829 g/mol. The van der Waals surface area contributed by atoms with Crippen LogP contribution in [0.5, 0.6) is 11.5 Å².